The second-order valence-electron chi connectivity index (χ2n) is 4.96. The minimum Gasteiger partial charge on any atom is -0.322 e. The molecule has 23 heavy (non-hydrogen) atoms. The fourth-order valence-corrected chi connectivity index (χ4v) is 3.67. The average Bonchev–Trinajstić information content (AvgIpc) is 2.55. The fraction of sp³-hybridized carbons (Fsp3) is 0.176. The first kappa shape index (κ1) is 16.7. The van der Waals surface area contributed by atoms with Gasteiger partial charge in [0.15, 0.2) is 9.84 Å². The molecule has 0 aliphatic carbocycles. The predicted molar refractivity (Wildman–Crippen MR) is 87.9 cm³/mol. The van der Waals surface area contributed by atoms with Crippen LogP contribution in [0.5, 0.6) is 0 Å². The van der Waals surface area contributed by atoms with Crippen molar-refractivity contribution >= 4 is 21.4 Å². The molecule has 6 heteroatoms. The van der Waals surface area contributed by atoms with E-state index in [1.807, 2.05) is 6.07 Å². The molecule has 0 aliphatic heterocycles. The van der Waals surface area contributed by atoms with Gasteiger partial charge in [-0.3, -0.25) is 4.79 Å². The van der Waals surface area contributed by atoms with Crippen molar-refractivity contribution in [3.8, 4) is 6.07 Å². The Bertz CT molecular complexity index is 850. The van der Waals surface area contributed by atoms with Crippen LogP contribution >= 0.6 is 0 Å². The number of nitrogens with zero attached hydrogens (tertiary/aromatic N) is 1. The van der Waals surface area contributed by atoms with Crippen molar-refractivity contribution in [1.82, 2.24) is 0 Å². The van der Waals surface area contributed by atoms with Gasteiger partial charge in [-0.2, -0.15) is 5.26 Å². The lowest BCUT2D eigenvalue weighted by molar-refractivity contribution is 0.102. The second-order valence-corrected chi connectivity index (χ2v) is 7.04. The van der Waals surface area contributed by atoms with Crippen molar-refractivity contribution < 1.29 is 13.2 Å². The van der Waals surface area contributed by atoms with Crippen LogP contribution in [0, 0.1) is 11.3 Å². The molecule has 0 aliphatic rings. The molecule has 2 aromatic carbocycles. The van der Waals surface area contributed by atoms with E-state index in [1.165, 1.54) is 12.1 Å². The maximum atomic E-state index is 12.4. The largest absolute Gasteiger partial charge is 0.322 e. The van der Waals surface area contributed by atoms with Crippen LogP contribution in [0.3, 0.4) is 0 Å². The van der Waals surface area contributed by atoms with Gasteiger partial charge in [0.05, 0.1) is 27.8 Å². The summed E-state index contributed by atoms with van der Waals surface area (Å²) in [6.45, 7) is 1.77. The van der Waals surface area contributed by atoms with Crippen LogP contribution in [0.1, 0.15) is 29.3 Å². The normalized spacial score (nSPS) is 10.8. The predicted octanol–water partition coefficient (Wildman–Crippen LogP) is 2.99. The van der Waals surface area contributed by atoms with E-state index in [0.29, 0.717) is 17.7 Å². The van der Waals surface area contributed by atoms with Crippen molar-refractivity contribution in [3.63, 3.8) is 0 Å². The Kier molecular flexibility index (Phi) is 5.14. The standard InChI is InChI=1S/C17H16N2O3S/c1-2-11-23(21,22)16-6-4-3-5-15(16)17(20)19-14-9-7-13(12-18)8-10-14/h3-10H,2,11H2,1H3,(H,19,20). The summed E-state index contributed by atoms with van der Waals surface area (Å²) in [5.41, 5.74) is 1.09. The third-order valence-electron chi connectivity index (χ3n) is 3.21. The molecule has 0 bridgehead atoms. The van der Waals surface area contributed by atoms with Crippen LogP contribution in [-0.2, 0) is 9.84 Å². The first-order valence-corrected chi connectivity index (χ1v) is 8.76. The SMILES string of the molecule is CCCS(=O)(=O)c1ccccc1C(=O)Nc1ccc(C#N)cc1. The maximum Gasteiger partial charge on any atom is 0.256 e. The number of carbonyl (C=O) groups excluding carboxylic acids is 1. The molecule has 1 amide bonds. The molecule has 5 nitrogen and oxygen atoms in total. The fourth-order valence-electron chi connectivity index (χ4n) is 2.13. The Morgan fingerprint density at radius 2 is 1.78 bits per heavy atom. The lowest BCUT2D eigenvalue weighted by atomic mass is 10.2. The first-order valence-electron chi connectivity index (χ1n) is 7.11. The van der Waals surface area contributed by atoms with E-state index in [-0.39, 0.29) is 16.2 Å². The van der Waals surface area contributed by atoms with Crippen LogP contribution in [0.15, 0.2) is 53.4 Å². The Morgan fingerprint density at radius 1 is 1.13 bits per heavy atom. The molecule has 0 saturated carbocycles. The van der Waals surface area contributed by atoms with E-state index in [0.717, 1.165) is 0 Å². The second kappa shape index (κ2) is 7.07. The zero-order chi connectivity index (χ0) is 16.9. The Balaban J connectivity index is 2.31. The Morgan fingerprint density at radius 3 is 2.39 bits per heavy atom. The first-order chi connectivity index (χ1) is 11.0. The Labute approximate surface area is 135 Å². The molecule has 0 heterocycles. The summed E-state index contributed by atoms with van der Waals surface area (Å²) in [5.74, 6) is -0.501. The third-order valence-corrected chi connectivity index (χ3v) is 5.18. The maximum absolute atomic E-state index is 12.4. The van der Waals surface area contributed by atoms with Gasteiger partial charge in [-0.25, -0.2) is 8.42 Å². The highest BCUT2D eigenvalue weighted by Gasteiger charge is 2.21. The van der Waals surface area contributed by atoms with Crippen molar-refractivity contribution in [2.24, 2.45) is 0 Å². The van der Waals surface area contributed by atoms with Crippen LogP contribution in [0.2, 0.25) is 0 Å². The van der Waals surface area contributed by atoms with Gasteiger partial charge in [0.25, 0.3) is 5.91 Å². The van der Waals surface area contributed by atoms with Crippen LogP contribution in [-0.4, -0.2) is 20.1 Å². The number of nitrogens with one attached hydrogen (secondary N) is 1. The summed E-state index contributed by atoms with van der Waals surface area (Å²) >= 11 is 0. The van der Waals surface area contributed by atoms with E-state index < -0.39 is 15.7 Å². The van der Waals surface area contributed by atoms with Crippen molar-refractivity contribution in [1.29, 1.82) is 5.26 Å². The van der Waals surface area contributed by atoms with Gasteiger partial charge in [0, 0.05) is 5.69 Å². The quantitative estimate of drug-likeness (QED) is 0.914. The Hall–Kier alpha value is -2.65. The number of nitriles is 1. The van der Waals surface area contributed by atoms with Gasteiger partial charge >= 0.3 is 0 Å². The van der Waals surface area contributed by atoms with E-state index in [9.17, 15) is 13.2 Å². The monoisotopic (exact) mass is 328 g/mol. The highest BCUT2D eigenvalue weighted by atomic mass is 32.2. The van der Waals surface area contributed by atoms with Crippen LogP contribution in [0.4, 0.5) is 5.69 Å². The van der Waals surface area contributed by atoms with E-state index in [2.05, 4.69) is 5.32 Å². The summed E-state index contributed by atoms with van der Waals surface area (Å²) in [6.07, 6.45) is 0.480. The molecule has 0 unspecified atom stereocenters. The van der Waals surface area contributed by atoms with Crippen molar-refractivity contribution in [2.45, 2.75) is 18.2 Å². The molecule has 118 valence electrons. The van der Waals surface area contributed by atoms with Gasteiger partial charge in [0.1, 0.15) is 0 Å². The summed E-state index contributed by atoms with van der Waals surface area (Å²) < 4.78 is 24.6. The lowest BCUT2D eigenvalue weighted by Gasteiger charge is -2.10. The minimum absolute atomic E-state index is 0.00579. The molecule has 0 fully saturated rings. The van der Waals surface area contributed by atoms with Crippen molar-refractivity contribution in [3.05, 3.63) is 59.7 Å². The number of benzene rings is 2. The molecule has 0 spiro atoms. The van der Waals surface area contributed by atoms with Gasteiger partial charge in [0.2, 0.25) is 0 Å². The number of hydrogen-bond acceptors (Lipinski definition) is 4. The average molecular weight is 328 g/mol. The smallest absolute Gasteiger partial charge is 0.256 e. The third kappa shape index (κ3) is 3.96. The highest BCUT2D eigenvalue weighted by molar-refractivity contribution is 7.91. The molecule has 0 atom stereocenters. The van der Waals surface area contributed by atoms with Crippen LogP contribution < -0.4 is 5.32 Å². The number of anilines is 1. The number of hydrogen-bond donors (Lipinski definition) is 1. The number of amides is 1. The summed E-state index contributed by atoms with van der Waals surface area (Å²) in [6, 6.07) is 14.5. The molecule has 1 N–H and O–H groups in total. The number of sulfone groups is 1. The summed E-state index contributed by atoms with van der Waals surface area (Å²) in [7, 11) is -3.49. The number of carbonyl (C=O) groups is 1. The van der Waals surface area contributed by atoms with E-state index in [4.69, 9.17) is 5.26 Å². The minimum atomic E-state index is -3.49. The zero-order valence-electron chi connectivity index (χ0n) is 12.6. The summed E-state index contributed by atoms with van der Waals surface area (Å²) in [4.78, 5) is 12.4. The zero-order valence-corrected chi connectivity index (χ0v) is 13.4. The molecule has 2 rings (SSSR count). The van der Waals surface area contributed by atoms with Crippen LogP contribution in [0.25, 0.3) is 0 Å². The summed E-state index contributed by atoms with van der Waals surface area (Å²) in [5, 5.41) is 11.4. The molecular formula is C17H16N2O3S. The van der Waals surface area contributed by atoms with Crippen molar-refractivity contribution in [2.75, 3.05) is 11.1 Å². The molecular weight excluding hydrogens is 312 g/mol. The van der Waals surface area contributed by atoms with E-state index in [1.54, 1.807) is 43.3 Å². The van der Waals surface area contributed by atoms with Gasteiger partial charge in [-0.1, -0.05) is 19.1 Å². The van der Waals surface area contributed by atoms with Gasteiger partial charge in [-0.05, 0) is 42.8 Å². The topological polar surface area (TPSA) is 87.0 Å². The molecule has 0 radical (unpaired) electrons. The molecule has 0 aromatic heterocycles. The number of rotatable bonds is 5. The van der Waals surface area contributed by atoms with Gasteiger partial charge < -0.3 is 5.32 Å². The lowest BCUT2D eigenvalue weighted by Crippen LogP contribution is -2.17. The van der Waals surface area contributed by atoms with E-state index >= 15 is 0 Å². The molecule has 0 saturated heterocycles. The van der Waals surface area contributed by atoms with Gasteiger partial charge in [-0.15, -0.1) is 0 Å². The highest BCUT2D eigenvalue weighted by Crippen LogP contribution is 2.19. The molecule has 2 aromatic rings.